The average molecular weight is 389 g/mol. The fourth-order valence-electron chi connectivity index (χ4n) is 3.02. The summed E-state index contributed by atoms with van der Waals surface area (Å²) in [6, 6.07) is 18.8. The van der Waals surface area contributed by atoms with Crippen LogP contribution in [-0.4, -0.2) is 30.3 Å². The number of benzene rings is 3. The number of hydrogen-bond acceptors (Lipinski definition) is 6. The molecule has 0 aliphatic heterocycles. The lowest BCUT2D eigenvalue weighted by Gasteiger charge is -2.10. The Hall–Kier alpha value is -3.87. The molecular weight excluding hydrogens is 370 g/mol. The van der Waals surface area contributed by atoms with Crippen molar-refractivity contribution in [3.63, 3.8) is 0 Å². The molecule has 0 bridgehead atoms. The molecule has 0 saturated carbocycles. The summed E-state index contributed by atoms with van der Waals surface area (Å²) >= 11 is 0. The van der Waals surface area contributed by atoms with E-state index < -0.39 is 0 Å². The van der Waals surface area contributed by atoms with Crippen LogP contribution in [0.3, 0.4) is 0 Å². The molecule has 0 aliphatic rings. The molecule has 0 spiro atoms. The van der Waals surface area contributed by atoms with Gasteiger partial charge in [0, 0.05) is 5.56 Å². The number of hydrogen-bond donors (Lipinski definition) is 1. The molecule has 1 aromatic heterocycles. The van der Waals surface area contributed by atoms with Gasteiger partial charge in [-0.25, -0.2) is 0 Å². The van der Waals surface area contributed by atoms with E-state index in [-0.39, 0.29) is 12.5 Å². The minimum Gasteiger partial charge on any atom is -0.497 e. The summed E-state index contributed by atoms with van der Waals surface area (Å²) in [5.74, 6) is 1.65. The van der Waals surface area contributed by atoms with Crippen LogP contribution in [0.25, 0.3) is 22.2 Å². The van der Waals surface area contributed by atoms with E-state index >= 15 is 0 Å². The van der Waals surface area contributed by atoms with Gasteiger partial charge in [-0.2, -0.15) is 4.98 Å². The van der Waals surface area contributed by atoms with Crippen molar-refractivity contribution in [2.24, 2.45) is 0 Å². The minimum atomic E-state index is -0.284. The Morgan fingerprint density at radius 3 is 2.55 bits per heavy atom. The van der Waals surface area contributed by atoms with Crippen LogP contribution in [0.2, 0.25) is 0 Å². The van der Waals surface area contributed by atoms with E-state index in [1.807, 2.05) is 54.6 Å². The van der Waals surface area contributed by atoms with Crippen molar-refractivity contribution in [2.75, 3.05) is 14.2 Å². The zero-order valence-electron chi connectivity index (χ0n) is 16.0. The van der Waals surface area contributed by atoms with Gasteiger partial charge in [-0.15, -0.1) is 0 Å². The zero-order chi connectivity index (χ0) is 20.2. The van der Waals surface area contributed by atoms with Crippen LogP contribution in [0.15, 0.2) is 65.2 Å². The first kappa shape index (κ1) is 18.5. The largest absolute Gasteiger partial charge is 0.497 e. The average Bonchev–Trinajstić information content (AvgIpc) is 3.25. The quantitative estimate of drug-likeness (QED) is 0.539. The van der Waals surface area contributed by atoms with Crippen molar-refractivity contribution < 1.29 is 18.8 Å². The van der Waals surface area contributed by atoms with Crippen LogP contribution in [0.1, 0.15) is 16.2 Å². The number of carbonyl (C=O) groups is 1. The van der Waals surface area contributed by atoms with E-state index in [4.69, 9.17) is 14.0 Å². The van der Waals surface area contributed by atoms with Crippen molar-refractivity contribution in [1.82, 2.24) is 15.5 Å². The third-order valence-electron chi connectivity index (χ3n) is 4.51. The van der Waals surface area contributed by atoms with Gasteiger partial charge in [0.25, 0.3) is 5.91 Å². The highest BCUT2D eigenvalue weighted by Gasteiger charge is 2.15. The molecule has 1 N–H and O–H groups in total. The van der Waals surface area contributed by atoms with Gasteiger partial charge in [-0.05, 0) is 35.0 Å². The normalized spacial score (nSPS) is 10.7. The predicted molar refractivity (Wildman–Crippen MR) is 108 cm³/mol. The van der Waals surface area contributed by atoms with E-state index in [0.717, 1.165) is 16.3 Å². The Kier molecular flexibility index (Phi) is 5.11. The molecule has 1 heterocycles. The molecule has 29 heavy (non-hydrogen) atoms. The first-order chi connectivity index (χ1) is 14.2. The second-order valence-corrected chi connectivity index (χ2v) is 6.33. The molecule has 4 rings (SSSR count). The maximum atomic E-state index is 12.7. The van der Waals surface area contributed by atoms with Gasteiger partial charge in [0.1, 0.15) is 11.5 Å². The summed E-state index contributed by atoms with van der Waals surface area (Å²) < 4.78 is 15.9. The molecule has 0 atom stereocenters. The summed E-state index contributed by atoms with van der Waals surface area (Å²) in [7, 11) is 3.14. The van der Waals surface area contributed by atoms with Gasteiger partial charge in [0.2, 0.25) is 11.7 Å². The second-order valence-electron chi connectivity index (χ2n) is 6.33. The Balaban J connectivity index is 1.50. The lowest BCUT2D eigenvalue weighted by Crippen LogP contribution is -2.23. The number of carbonyl (C=O) groups excluding carboxylic acids is 1. The Morgan fingerprint density at radius 2 is 1.79 bits per heavy atom. The highest BCUT2D eigenvalue weighted by Crippen LogP contribution is 2.26. The minimum absolute atomic E-state index is 0.103. The zero-order valence-corrected chi connectivity index (χ0v) is 16.0. The first-order valence-corrected chi connectivity index (χ1v) is 9.00. The summed E-state index contributed by atoms with van der Waals surface area (Å²) in [5.41, 5.74) is 1.21. The van der Waals surface area contributed by atoms with Crippen LogP contribution in [0.4, 0.5) is 0 Å². The number of nitrogens with zero attached hydrogens (tertiary/aromatic N) is 2. The molecule has 0 aliphatic carbocycles. The molecule has 4 aromatic rings. The molecule has 0 fully saturated rings. The van der Waals surface area contributed by atoms with Crippen molar-refractivity contribution in [3.8, 4) is 22.9 Å². The molecule has 0 saturated heterocycles. The summed E-state index contributed by atoms with van der Waals surface area (Å²) in [6.07, 6.45) is 0. The van der Waals surface area contributed by atoms with Crippen molar-refractivity contribution >= 4 is 16.7 Å². The molecule has 0 radical (unpaired) electrons. The Morgan fingerprint density at radius 1 is 1.00 bits per heavy atom. The number of amides is 1. The fourth-order valence-corrected chi connectivity index (χ4v) is 3.02. The number of rotatable bonds is 6. The molecule has 146 valence electrons. The third-order valence-corrected chi connectivity index (χ3v) is 4.51. The molecule has 7 nitrogen and oxygen atoms in total. The molecule has 0 unspecified atom stereocenters. The molecule has 1 amide bonds. The van der Waals surface area contributed by atoms with Gasteiger partial charge < -0.3 is 19.3 Å². The number of fused-ring (bicyclic) bond motifs is 1. The number of nitrogens with one attached hydrogen (secondary N) is 1. The smallest absolute Gasteiger partial charge is 0.255 e. The molecule has 3 aromatic carbocycles. The van der Waals surface area contributed by atoms with E-state index in [0.29, 0.717) is 28.8 Å². The summed E-state index contributed by atoms with van der Waals surface area (Å²) in [6.45, 7) is 0.103. The van der Waals surface area contributed by atoms with Gasteiger partial charge in [0.05, 0.1) is 26.3 Å². The SMILES string of the molecule is COc1cccc(-c2noc(CNC(=O)c3cc4ccccc4cc3OC)n2)c1. The Bertz CT molecular complexity index is 1170. The maximum absolute atomic E-state index is 12.7. The van der Waals surface area contributed by atoms with E-state index in [2.05, 4.69) is 15.5 Å². The van der Waals surface area contributed by atoms with Crippen LogP contribution in [0.5, 0.6) is 11.5 Å². The summed E-state index contributed by atoms with van der Waals surface area (Å²) in [4.78, 5) is 17.0. The first-order valence-electron chi connectivity index (χ1n) is 9.00. The lowest BCUT2D eigenvalue weighted by molar-refractivity contribution is 0.0943. The van der Waals surface area contributed by atoms with Gasteiger partial charge in [-0.1, -0.05) is 41.6 Å². The van der Waals surface area contributed by atoms with E-state index in [1.54, 1.807) is 20.3 Å². The predicted octanol–water partition coefficient (Wildman–Crippen LogP) is 3.84. The van der Waals surface area contributed by atoms with E-state index in [1.165, 1.54) is 0 Å². The maximum Gasteiger partial charge on any atom is 0.255 e. The van der Waals surface area contributed by atoms with Gasteiger partial charge in [-0.3, -0.25) is 4.79 Å². The molecule has 7 heteroatoms. The monoisotopic (exact) mass is 389 g/mol. The highest BCUT2D eigenvalue weighted by atomic mass is 16.5. The van der Waals surface area contributed by atoms with Gasteiger partial charge in [0.15, 0.2) is 0 Å². The Labute approximate surface area is 167 Å². The standard InChI is InChI=1S/C22H19N3O4/c1-27-17-9-5-8-16(10-17)21-24-20(29-25-21)13-23-22(26)18-11-14-6-3-4-7-15(14)12-19(18)28-2/h3-12H,13H2,1-2H3,(H,23,26). The highest BCUT2D eigenvalue weighted by molar-refractivity contribution is 6.01. The van der Waals surface area contributed by atoms with Crippen molar-refractivity contribution in [3.05, 3.63) is 72.1 Å². The van der Waals surface area contributed by atoms with Crippen LogP contribution in [-0.2, 0) is 6.54 Å². The second kappa shape index (κ2) is 8.02. The van der Waals surface area contributed by atoms with Crippen LogP contribution < -0.4 is 14.8 Å². The number of aromatic nitrogens is 2. The third kappa shape index (κ3) is 3.89. The van der Waals surface area contributed by atoms with Crippen molar-refractivity contribution in [1.29, 1.82) is 0 Å². The van der Waals surface area contributed by atoms with Crippen LogP contribution in [0, 0.1) is 0 Å². The molecular formula is C22H19N3O4. The van der Waals surface area contributed by atoms with Crippen LogP contribution >= 0.6 is 0 Å². The van der Waals surface area contributed by atoms with Gasteiger partial charge >= 0.3 is 0 Å². The van der Waals surface area contributed by atoms with E-state index in [9.17, 15) is 4.79 Å². The topological polar surface area (TPSA) is 86.5 Å². The number of ether oxygens (including phenoxy) is 2. The summed E-state index contributed by atoms with van der Waals surface area (Å²) in [5, 5.41) is 8.73. The number of methoxy groups -OCH3 is 2. The lowest BCUT2D eigenvalue weighted by atomic mass is 10.1. The van der Waals surface area contributed by atoms with Crippen molar-refractivity contribution in [2.45, 2.75) is 6.54 Å². The fraction of sp³-hybridized carbons (Fsp3) is 0.136.